The minimum Gasteiger partial charge on any atom is -0.246 e. The quantitative estimate of drug-likeness (QED) is 0.712. The molecule has 0 aliphatic carbocycles. The van der Waals surface area contributed by atoms with Gasteiger partial charge in [-0.05, 0) is 19.9 Å². The number of aryl methyl sites for hydroxylation is 1. The van der Waals surface area contributed by atoms with Crippen molar-refractivity contribution in [3.63, 3.8) is 0 Å². The molecule has 0 amide bonds. The fraction of sp³-hybridized carbons (Fsp3) is 0.0909. The van der Waals surface area contributed by atoms with E-state index in [4.69, 9.17) is 11.6 Å². The summed E-state index contributed by atoms with van der Waals surface area (Å²) in [6, 6.07) is 7.76. The number of benzene rings is 1. The van der Waals surface area contributed by atoms with E-state index in [0.717, 1.165) is 26.2 Å². The molecule has 0 spiro atoms. The summed E-state index contributed by atoms with van der Waals surface area (Å²) in [4.78, 5) is 5.34. The Kier molecular flexibility index (Phi) is 2.57. The molecule has 2 aromatic rings. The van der Waals surface area contributed by atoms with Crippen molar-refractivity contribution in [2.24, 2.45) is 0 Å². The maximum atomic E-state index is 6.09. The van der Waals surface area contributed by atoms with E-state index < -0.39 is 0 Å². The van der Waals surface area contributed by atoms with Gasteiger partial charge in [-0.2, -0.15) is 0 Å². The van der Waals surface area contributed by atoms with Crippen molar-refractivity contribution in [2.75, 3.05) is 0 Å². The summed E-state index contributed by atoms with van der Waals surface area (Å²) in [5, 5.41) is 1.77. The first-order valence-corrected chi connectivity index (χ1v) is 5.42. The first-order valence-electron chi connectivity index (χ1n) is 4.23. The van der Waals surface area contributed by atoms with E-state index in [1.54, 1.807) is 11.3 Å². The van der Waals surface area contributed by atoms with Gasteiger partial charge in [0.25, 0.3) is 0 Å². The van der Waals surface area contributed by atoms with Gasteiger partial charge in [-0.15, -0.1) is 11.3 Å². The third-order valence-electron chi connectivity index (χ3n) is 1.92. The van der Waals surface area contributed by atoms with Gasteiger partial charge in [0, 0.05) is 10.6 Å². The van der Waals surface area contributed by atoms with Crippen LogP contribution in [0.2, 0.25) is 5.02 Å². The smallest absolute Gasteiger partial charge is 0.0903 e. The summed E-state index contributed by atoms with van der Waals surface area (Å²) in [6.07, 6.45) is 0. The first-order chi connectivity index (χ1) is 6.68. The monoisotopic (exact) mass is 222 g/mol. The lowest BCUT2D eigenvalue weighted by molar-refractivity contribution is 1.25. The van der Waals surface area contributed by atoms with Crippen LogP contribution in [0.15, 0.2) is 24.3 Å². The van der Waals surface area contributed by atoms with Gasteiger partial charge < -0.3 is 0 Å². The molecule has 71 valence electrons. The molecule has 1 aromatic heterocycles. The fourth-order valence-electron chi connectivity index (χ4n) is 1.33. The van der Waals surface area contributed by atoms with E-state index in [9.17, 15) is 0 Å². The number of aromatic nitrogens is 1. The van der Waals surface area contributed by atoms with Crippen molar-refractivity contribution >= 4 is 22.9 Å². The predicted octanol–water partition coefficient (Wildman–Crippen LogP) is 3.95. The molecule has 1 nitrogen and oxygen atoms in total. The first kappa shape index (κ1) is 9.69. The molecule has 1 radical (unpaired) electrons. The van der Waals surface area contributed by atoms with Crippen LogP contribution in [-0.2, 0) is 0 Å². The molecular formula is C11H9ClNS. The molecule has 0 unspecified atom stereocenters. The zero-order valence-electron chi connectivity index (χ0n) is 7.75. The second-order valence-electron chi connectivity index (χ2n) is 2.99. The van der Waals surface area contributed by atoms with Crippen molar-refractivity contribution in [2.45, 2.75) is 6.92 Å². The van der Waals surface area contributed by atoms with Crippen LogP contribution in [0, 0.1) is 13.8 Å². The Morgan fingerprint density at radius 1 is 1.36 bits per heavy atom. The number of thiazole rings is 1. The molecule has 0 saturated carbocycles. The number of rotatable bonds is 1. The number of hydrogen-bond acceptors (Lipinski definition) is 2. The van der Waals surface area contributed by atoms with Gasteiger partial charge in [0.15, 0.2) is 0 Å². The standard InChI is InChI=1S/C11H9ClNS/c1-7-11(14-8(2)13-7)9-5-3-4-6-10(9)12/h3-6H,1H2,2H3. The van der Waals surface area contributed by atoms with E-state index in [0.29, 0.717) is 0 Å². The van der Waals surface area contributed by atoms with E-state index in [1.807, 2.05) is 31.2 Å². The second kappa shape index (κ2) is 3.71. The summed E-state index contributed by atoms with van der Waals surface area (Å²) in [5.74, 6) is 0. The lowest BCUT2D eigenvalue weighted by atomic mass is 10.2. The normalized spacial score (nSPS) is 10.5. The summed E-state index contributed by atoms with van der Waals surface area (Å²) in [5.41, 5.74) is 1.82. The topological polar surface area (TPSA) is 12.9 Å². The lowest BCUT2D eigenvalue weighted by Crippen LogP contribution is -1.78. The molecule has 1 aromatic carbocycles. The zero-order valence-corrected chi connectivity index (χ0v) is 9.32. The summed E-state index contributed by atoms with van der Waals surface area (Å²) in [7, 11) is 0. The van der Waals surface area contributed by atoms with Gasteiger partial charge in [-0.3, -0.25) is 0 Å². The zero-order chi connectivity index (χ0) is 10.1. The predicted molar refractivity (Wildman–Crippen MR) is 61.8 cm³/mol. The second-order valence-corrected chi connectivity index (χ2v) is 4.60. The number of hydrogen-bond donors (Lipinski definition) is 0. The molecule has 3 heteroatoms. The van der Waals surface area contributed by atoms with Crippen molar-refractivity contribution in [1.82, 2.24) is 4.98 Å². The van der Waals surface area contributed by atoms with Gasteiger partial charge in [-0.1, -0.05) is 29.8 Å². The van der Waals surface area contributed by atoms with Gasteiger partial charge >= 0.3 is 0 Å². The van der Waals surface area contributed by atoms with Gasteiger partial charge in [-0.25, -0.2) is 4.98 Å². The molecule has 0 aliphatic rings. The molecule has 1 heterocycles. The molecule has 0 aliphatic heterocycles. The van der Waals surface area contributed by atoms with E-state index >= 15 is 0 Å². The summed E-state index contributed by atoms with van der Waals surface area (Å²) < 4.78 is 0. The van der Waals surface area contributed by atoms with E-state index in [1.165, 1.54) is 0 Å². The largest absolute Gasteiger partial charge is 0.246 e. The Hall–Kier alpha value is -0.860. The average Bonchev–Trinajstić information content (AvgIpc) is 2.46. The molecule has 0 saturated heterocycles. The molecule has 2 rings (SSSR count). The molecular weight excluding hydrogens is 214 g/mol. The minimum atomic E-state index is 0.751. The minimum absolute atomic E-state index is 0.751. The van der Waals surface area contributed by atoms with Crippen molar-refractivity contribution in [1.29, 1.82) is 0 Å². The van der Waals surface area contributed by atoms with Crippen LogP contribution in [0.3, 0.4) is 0 Å². The van der Waals surface area contributed by atoms with Crippen LogP contribution in [0.25, 0.3) is 10.4 Å². The molecule has 0 fully saturated rings. The van der Waals surface area contributed by atoms with Crippen molar-refractivity contribution in [3.8, 4) is 10.4 Å². The van der Waals surface area contributed by atoms with Crippen molar-refractivity contribution < 1.29 is 0 Å². The Bertz CT molecular complexity index is 462. The average molecular weight is 223 g/mol. The Morgan fingerprint density at radius 2 is 2.07 bits per heavy atom. The SMILES string of the molecule is [CH2]c1nc(C)sc1-c1ccccc1Cl. The molecule has 14 heavy (non-hydrogen) atoms. The highest BCUT2D eigenvalue weighted by atomic mass is 35.5. The van der Waals surface area contributed by atoms with Gasteiger partial charge in [0.05, 0.1) is 15.6 Å². The Balaban J connectivity index is 2.60. The molecule has 0 bridgehead atoms. The maximum Gasteiger partial charge on any atom is 0.0903 e. The van der Waals surface area contributed by atoms with Crippen LogP contribution in [0.4, 0.5) is 0 Å². The fourth-order valence-corrected chi connectivity index (χ4v) is 2.51. The molecule has 0 N–H and O–H groups in total. The van der Waals surface area contributed by atoms with Gasteiger partial charge in [0.2, 0.25) is 0 Å². The van der Waals surface area contributed by atoms with Crippen LogP contribution in [0.5, 0.6) is 0 Å². The Labute approximate surface area is 92.4 Å². The molecule has 0 atom stereocenters. The van der Waals surface area contributed by atoms with Crippen LogP contribution in [-0.4, -0.2) is 4.98 Å². The van der Waals surface area contributed by atoms with Crippen LogP contribution in [0.1, 0.15) is 10.7 Å². The highest BCUT2D eigenvalue weighted by Gasteiger charge is 2.09. The highest BCUT2D eigenvalue weighted by Crippen LogP contribution is 2.34. The summed E-state index contributed by atoms with van der Waals surface area (Å²) >= 11 is 7.71. The van der Waals surface area contributed by atoms with Gasteiger partial charge in [0.1, 0.15) is 0 Å². The number of halogens is 1. The Morgan fingerprint density at radius 3 is 2.64 bits per heavy atom. The van der Waals surface area contributed by atoms with Crippen molar-refractivity contribution in [3.05, 3.63) is 46.9 Å². The van der Waals surface area contributed by atoms with Crippen LogP contribution >= 0.6 is 22.9 Å². The third-order valence-corrected chi connectivity index (χ3v) is 3.30. The van der Waals surface area contributed by atoms with E-state index in [2.05, 4.69) is 11.9 Å². The van der Waals surface area contributed by atoms with Crippen LogP contribution < -0.4 is 0 Å². The van der Waals surface area contributed by atoms with E-state index in [-0.39, 0.29) is 0 Å². The highest BCUT2D eigenvalue weighted by molar-refractivity contribution is 7.15. The maximum absolute atomic E-state index is 6.09. The number of nitrogens with zero attached hydrogens (tertiary/aromatic N) is 1. The summed E-state index contributed by atoms with van der Waals surface area (Å²) in [6.45, 7) is 5.87. The third kappa shape index (κ3) is 1.68. The lowest BCUT2D eigenvalue weighted by Gasteiger charge is -2.00.